The van der Waals surface area contributed by atoms with Crippen molar-refractivity contribution < 1.29 is 24.3 Å². The van der Waals surface area contributed by atoms with Crippen LogP contribution in [0.4, 0.5) is 11.4 Å². The number of hydrogen-bond donors (Lipinski definition) is 3. The largest absolute Gasteiger partial charge is 0.481 e. The smallest absolute Gasteiger partial charge is 0.305 e. The van der Waals surface area contributed by atoms with Crippen LogP contribution in [-0.4, -0.2) is 64.9 Å². The number of rotatable bonds is 9. The molecule has 1 atom stereocenters. The van der Waals surface area contributed by atoms with E-state index in [4.69, 9.17) is 0 Å². The van der Waals surface area contributed by atoms with Gasteiger partial charge < -0.3 is 25.5 Å². The van der Waals surface area contributed by atoms with Gasteiger partial charge in [0.25, 0.3) is 11.8 Å². The first-order chi connectivity index (χ1) is 18.9. The Kier molecular flexibility index (Phi) is 7.87. The molecule has 1 saturated carbocycles. The van der Waals surface area contributed by atoms with Gasteiger partial charge in [0.1, 0.15) is 0 Å². The van der Waals surface area contributed by atoms with Crippen molar-refractivity contribution in [1.82, 2.24) is 15.2 Å². The Bertz CT molecular complexity index is 1350. The lowest BCUT2D eigenvalue weighted by molar-refractivity contribution is -0.137. The van der Waals surface area contributed by atoms with E-state index in [1.807, 2.05) is 11.4 Å². The van der Waals surface area contributed by atoms with Gasteiger partial charge in [-0.3, -0.25) is 24.2 Å². The molecule has 5 rings (SSSR count). The van der Waals surface area contributed by atoms with Gasteiger partial charge in [-0.1, -0.05) is 6.07 Å². The molecule has 1 aromatic carbocycles. The minimum Gasteiger partial charge on any atom is -0.481 e. The summed E-state index contributed by atoms with van der Waals surface area (Å²) in [5.74, 6) is -1.61. The first-order valence-corrected chi connectivity index (χ1v) is 13.7. The van der Waals surface area contributed by atoms with Gasteiger partial charge in [0.15, 0.2) is 0 Å². The summed E-state index contributed by atoms with van der Waals surface area (Å²) >= 11 is 1.38. The van der Waals surface area contributed by atoms with Crippen molar-refractivity contribution in [3.63, 3.8) is 0 Å². The second-order valence-electron chi connectivity index (χ2n) is 9.66. The topological polar surface area (TPSA) is 132 Å². The summed E-state index contributed by atoms with van der Waals surface area (Å²) in [5, 5.41) is 17.0. The van der Waals surface area contributed by atoms with E-state index >= 15 is 0 Å². The molecule has 11 heteroatoms. The minimum absolute atomic E-state index is 0.0249. The second kappa shape index (κ2) is 11.6. The van der Waals surface area contributed by atoms with Crippen molar-refractivity contribution >= 4 is 46.4 Å². The number of piperazine rings is 1. The first kappa shape index (κ1) is 26.4. The number of carboxylic acids is 1. The summed E-state index contributed by atoms with van der Waals surface area (Å²) < 4.78 is 0. The molecule has 3 aromatic rings. The lowest BCUT2D eigenvalue weighted by Crippen LogP contribution is -2.49. The van der Waals surface area contributed by atoms with Gasteiger partial charge in [-0.05, 0) is 54.6 Å². The number of anilines is 2. The van der Waals surface area contributed by atoms with Crippen LogP contribution in [0.3, 0.4) is 0 Å². The number of nitrogens with one attached hydrogen (secondary N) is 2. The highest BCUT2D eigenvalue weighted by Crippen LogP contribution is 2.34. The average Bonchev–Trinajstić information content (AvgIpc) is 3.66. The Hall–Kier alpha value is -4.25. The van der Waals surface area contributed by atoms with Crippen LogP contribution in [0.25, 0.3) is 0 Å². The maximum Gasteiger partial charge on any atom is 0.305 e. The van der Waals surface area contributed by atoms with Crippen LogP contribution in [0.2, 0.25) is 0 Å². The van der Waals surface area contributed by atoms with E-state index in [1.54, 1.807) is 53.7 Å². The molecule has 2 aromatic heterocycles. The van der Waals surface area contributed by atoms with E-state index in [0.29, 0.717) is 43.0 Å². The Morgan fingerprint density at radius 2 is 1.82 bits per heavy atom. The van der Waals surface area contributed by atoms with Gasteiger partial charge in [-0.2, -0.15) is 0 Å². The molecule has 3 amide bonds. The third kappa shape index (κ3) is 6.43. The van der Waals surface area contributed by atoms with Crippen LogP contribution < -0.4 is 15.5 Å². The molecule has 3 heterocycles. The molecule has 0 radical (unpaired) electrons. The summed E-state index contributed by atoms with van der Waals surface area (Å²) in [5.41, 5.74) is 2.16. The zero-order valence-electron chi connectivity index (χ0n) is 21.2. The van der Waals surface area contributed by atoms with Crippen LogP contribution in [0.1, 0.15) is 50.9 Å². The Morgan fingerprint density at radius 1 is 1.03 bits per heavy atom. The highest BCUT2D eigenvalue weighted by Gasteiger charge is 2.31. The Labute approximate surface area is 229 Å². The van der Waals surface area contributed by atoms with Gasteiger partial charge in [0.05, 0.1) is 29.4 Å². The third-order valence-electron chi connectivity index (χ3n) is 6.85. The van der Waals surface area contributed by atoms with Crippen molar-refractivity contribution in [3.8, 4) is 0 Å². The molecule has 0 spiro atoms. The number of benzene rings is 1. The molecular weight excluding hydrogens is 518 g/mol. The first-order valence-electron chi connectivity index (χ1n) is 12.8. The maximum absolute atomic E-state index is 13.2. The number of amides is 3. The zero-order valence-corrected chi connectivity index (χ0v) is 22.0. The summed E-state index contributed by atoms with van der Waals surface area (Å²) in [7, 11) is 0. The number of nitrogens with zero attached hydrogens (tertiary/aromatic N) is 3. The number of aromatic nitrogens is 1. The molecule has 1 saturated heterocycles. The molecule has 1 unspecified atom stereocenters. The minimum atomic E-state index is -1.01. The van der Waals surface area contributed by atoms with Crippen molar-refractivity contribution in [2.75, 3.05) is 36.4 Å². The molecular formula is C28H29N5O5S. The Balaban J connectivity index is 1.33. The lowest BCUT2D eigenvalue weighted by atomic mass is 10.1. The van der Waals surface area contributed by atoms with Crippen LogP contribution >= 0.6 is 11.3 Å². The van der Waals surface area contributed by atoms with Crippen molar-refractivity contribution in [3.05, 3.63) is 76.2 Å². The van der Waals surface area contributed by atoms with E-state index in [9.17, 15) is 24.3 Å². The summed E-state index contributed by atoms with van der Waals surface area (Å²) in [6, 6.07) is 11.5. The van der Waals surface area contributed by atoms with Crippen LogP contribution in [-0.2, 0) is 9.59 Å². The normalized spacial score (nSPS) is 15.9. The van der Waals surface area contributed by atoms with E-state index < -0.39 is 17.9 Å². The SMILES string of the molecule is O=C(O)CC(NC(=O)c1ccc(N2CCN(C(=O)c3cccnc3)CC2)c(NC(=O)C2CC2)c1)c1cccs1. The number of carbonyl (C=O) groups is 4. The summed E-state index contributed by atoms with van der Waals surface area (Å²) in [4.78, 5) is 58.8. The molecule has 1 aliphatic heterocycles. The van der Waals surface area contributed by atoms with Crippen LogP contribution in [0, 0.1) is 5.92 Å². The predicted octanol–water partition coefficient (Wildman–Crippen LogP) is 3.40. The second-order valence-corrected chi connectivity index (χ2v) is 10.6. The fourth-order valence-corrected chi connectivity index (χ4v) is 5.36. The molecule has 1 aliphatic carbocycles. The van der Waals surface area contributed by atoms with Crippen LogP contribution in [0.5, 0.6) is 0 Å². The molecule has 3 N–H and O–H groups in total. The number of carbonyl (C=O) groups excluding carboxylic acids is 3. The van der Waals surface area contributed by atoms with Gasteiger partial charge in [0.2, 0.25) is 5.91 Å². The third-order valence-corrected chi connectivity index (χ3v) is 7.84. The number of aliphatic carboxylic acids is 1. The average molecular weight is 548 g/mol. The van der Waals surface area contributed by atoms with Crippen molar-refractivity contribution in [1.29, 1.82) is 0 Å². The molecule has 2 aliphatic rings. The van der Waals surface area contributed by atoms with Gasteiger partial charge in [0, 0.05) is 54.9 Å². The zero-order chi connectivity index (χ0) is 27.4. The fraction of sp³-hybridized carbons (Fsp3) is 0.321. The number of hydrogen-bond acceptors (Lipinski definition) is 7. The van der Waals surface area contributed by atoms with Gasteiger partial charge >= 0.3 is 5.97 Å². The van der Waals surface area contributed by atoms with E-state index in [-0.39, 0.29) is 24.2 Å². The highest BCUT2D eigenvalue weighted by molar-refractivity contribution is 7.10. The summed E-state index contributed by atoms with van der Waals surface area (Å²) in [6.45, 7) is 2.12. The highest BCUT2D eigenvalue weighted by atomic mass is 32.1. The number of thiophene rings is 1. The Morgan fingerprint density at radius 3 is 2.46 bits per heavy atom. The molecule has 39 heavy (non-hydrogen) atoms. The molecule has 10 nitrogen and oxygen atoms in total. The van der Waals surface area contributed by atoms with E-state index in [1.165, 1.54) is 11.3 Å². The van der Waals surface area contributed by atoms with E-state index in [0.717, 1.165) is 23.4 Å². The standard InChI is InChI=1S/C28H29N5O5S/c34-25(35)16-22(24-4-2-14-39-24)31-27(37)19-7-8-23(21(15-19)30-26(36)18-5-6-18)32-10-12-33(13-11-32)28(38)20-3-1-9-29-17-20/h1-4,7-9,14-15,17-18,22H,5-6,10-13,16H2,(H,30,36)(H,31,37)(H,34,35). The van der Waals surface area contributed by atoms with Crippen molar-refractivity contribution in [2.45, 2.75) is 25.3 Å². The number of carboxylic acid groups (broad SMARTS) is 1. The van der Waals surface area contributed by atoms with E-state index in [2.05, 4.69) is 20.5 Å². The summed E-state index contributed by atoms with van der Waals surface area (Å²) in [6.07, 6.45) is 4.63. The van der Waals surface area contributed by atoms with Gasteiger partial charge in [-0.25, -0.2) is 0 Å². The number of pyridine rings is 1. The molecule has 0 bridgehead atoms. The van der Waals surface area contributed by atoms with Crippen molar-refractivity contribution in [2.24, 2.45) is 5.92 Å². The maximum atomic E-state index is 13.2. The molecule has 202 valence electrons. The molecule has 2 fully saturated rings. The monoisotopic (exact) mass is 547 g/mol. The lowest BCUT2D eigenvalue weighted by Gasteiger charge is -2.37. The predicted molar refractivity (Wildman–Crippen MR) is 147 cm³/mol. The van der Waals surface area contributed by atoms with Gasteiger partial charge in [-0.15, -0.1) is 11.3 Å². The quantitative estimate of drug-likeness (QED) is 0.374. The fourth-order valence-electron chi connectivity index (χ4n) is 4.58. The van der Waals surface area contributed by atoms with Crippen LogP contribution in [0.15, 0.2) is 60.2 Å².